The molecule has 1 amide bonds. The SMILES string of the molecule is CCCN1CCc2c(sc(NC(=O)c3c(C)cnn3C)c2C(=O)OC)C1. The Morgan fingerprint density at radius 1 is 1.42 bits per heavy atom. The number of hydrogen-bond donors (Lipinski definition) is 1. The van der Waals surface area contributed by atoms with Crippen molar-refractivity contribution in [1.29, 1.82) is 0 Å². The van der Waals surface area contributed by atoms with Crippen molar-refractivity contribution >= 4 is 28.2 Å². The van der Waals surface area contributed by atoms with E-state index in [0.29, 0.717) is 16.3 Å². The lowest BCUT2D eigenvalue weighted by Crippen LogP contribution is -2.30. The van der Waals surface area contributed by atoms with Crippen LogP contribution in [0.1, 0.15) is 50.2 Å². The number of anilines is 1. The summed E-state index contributed by atoms with van der Waals surface area (Å²) in [7, 11) is 3.10. The number of rotatable bonds is 5. The van der Waals surface area contributed by atoms with E-state index in [1.54, 1.807) is 17.9 Å². The maximum Gasteiger partial charge on any atom is 0.341 e. The van der Waals surface area contributed by atoms with Gasteiger partial charge in [-0.25, -0.2) is 4.79 Å². The van der Waals surface area contributed by atoms with Gasteiger partial charge >= 0.3 is 5.97 Å². The molecular weight excluding hydrogens is 352 g/mol. The molecule has 0 atom stereocenters. The monoisotopic (exact) mass is 376 g/mol. The maximum absolute atomic E-state index is 12.7. The van der Waals surface area contributed by atoms with Crippen LogP contribution in [0.5, 0.6) is 0 Å². The molecule has 3 heterocycles. The van der Waals surface area contributed by atoms with Crippen LogP contribution >= 0.6 is 11.3 Å². The van der Waals surface area contributed by atoms with Crippen LogP contribution in [0.15, 0.2) is 6.20 Å². The van der Waals surface area contributed by atoms with E-state index in [1.807, 2.05) is 6.92 Å². The minimum Gasteiger partial charge on any atom is -0.465 e. The van der Waals surface area contributed by atoms with Gasteiger partial charge in [-0.3, -0.25) is 14.4 Å². The molecule has 0 saturated carbocycles. The molecule has 2 aromatic heterocycles. The first kappa shape index (κ1) is 18.6. The second-order valence-electron chi connectivity index (χ2n) is 6.48. The van der Waals surface area contributed by atoms with Crippen molar-refractivity contribution in [3.8, 4) is 0 Å². The lowest BCUT2D eigenvalue weighted by atomic mass is 10.0. The molecule has 8 heteroatoms. The average molecular weight is 376 g/mol. The number of carbonyl (C=O) groups is 2. The summed E-state index contributed by atoms with van der Waals surface area (Å²) in [6, 6.07) is 0. The zero-order chi connectivity index (χ0) is 18.8. The predicted molar refractivity (Wildman–Crippen MR) is 101 cm³/mol. The summed E-state index contributed by atoms with van der Waals surface area (Å²) in [4.78, 5) is 28.6. The van der Waals surface area contributed by atoms with E-state index in [1.165, 1.54) is 18.4 Å². The molecule has 0 spiro atoms. The molecule has 0 aliphatic carbocycles. The van der Waals surface area contributed by atoms with Crippen molar-refractivity contribution in [2.45, 2.75) is 33.2 Å². The molecule has 7 nitrogen and oxygen atoms in total. The molecule has 0 saturated heterocycles. The number of hydrogen-bond acceptors (Lipinski definition) is 6. The number of aryl methyl sites for hydroxylation is 2. The number of fused-ring (bicyclic) bond motifs is 1. The van der Waals surface area contributed by atoms with Gasteiger partial charge in [-0.15, -0.1) is 11.3 Å². The summed E-state index contributed by atoms with van der Waals surface area (Å²) in [5.41, 5.74) is 2.78. The Labute approximate surface area is 156 Å². The largest absolute Gasteiger partial charge is 0.465 e. The Hall–Kier alpha value is -2.19. The fourth-order valence-corrected chi connectivity index (χ4v) is 4.68. The Morgan fingerprint density at radius 3 is 2.81 bits per heavy atom. The molecule has 1 aliphatic rings. The first-order valence-corrected chi connectivity index (χ1v) is 9.53. The zero-order valence-corrected chi connectivity index (χ0v) is 16.4. The van der Waals surface area contributed by atoms with E-state index in [9.17, 15) is 9.59 Å². The Morgan fingerprint density at radius 2 is 2.19 bits per heavy atom. The lowest BCUT2D eigenvalue weighted by molar-refractivity contribution is 0.0600. The van der Waals surface area contributed by atoms with E-state index in [2.05, 4.69) is 22.2 Å². The van der Waals surface area contributed by atoms with Crippen LogP contribution in [-0.4, -0.2) is 46.8 Å². The maximum atomic E-state index is 12.7. The van der Waals surface area contributed by atoms with Crippen LogP contribution in [0, 0.1) is 6.92 Å². The van der Waals surface area contributed by atoms with Crippen molar-refractivity contribution in [2.75, 3.05) is 25.5 Å². The van der Waals surface area contributed by atoms with Gasteiger partial charge in [0.25, 0.3) is 5.91 Å². The molecule has 0 aromatic carbocycles. The number of thiophene rings is 1. The Balaban J connectivity index is 1.94. The summed E-state index contributed by atoms with van der Waals surface area (Å²) in [6.07, 6.45) is 3.53. The van der Waals surface area contributed by atoms with Gasteiger partial charge in [-0.1, -0.05) is 6.92 Å². The molecule has 0 bridgehead atoms. The number of nitrogens with one attached hydrogen (secondary N) is 1. The van der Waals surface area contributed by atoms with Crippen molar-refractivity contribution in [2.24, 2.45) is 7.05 Å². The topological polar surface area (TPSA) is 76.5 Å². The molecule has 140 valence electrons. The zero-order valence-electron chi connectivity index (χ0n) is 15.6. The van der Waals surface area contributed by atoms with Gasteiger partial charge in [0.2, 0.25) is 0 Å². The molecule has 0 radical (unpaired) electrons. The van der Waals surface area contributed by atoms with Crippen LogP contribution in [-0.2, 0) is 24.8 Å². The highest BCUT2D eigenvalue weighted by Crippen LogP contribution is 2.38. The standard InChI is InChI=1S/C18H24N4O3S/c1-5-7-22-8-6-12-13(10-22)26-17(14(12)18(24)25-4)20-16(23)15-11(2)9-19-21(15)3/h9H,5-8,10H2,1-4H3,(H,20,23). The minimum atomic E-state index is -0.400. The van der Waals surface area contributed by atoms with Crippen LogP contribution in [0.4, 0.5) is 5.00 Å². The first-order valence-electron chi connectivity index (χ1n) is 8.71. The number of nitrogens with zero attached hydrogens (tertiary/aromatic N) is 3. The highest BCUT2D eigenvalue weighted by atomic mass is 32.1. The van der Waals surface area contributed by atoms with E-state index in [-0.39, 0.29) is 5.91 Å². The first-order chi connectivity index (χ1) is 12.5. The van der Waals surface area contributed by atoms with Gasteiger partial charge in [0, 0.05) is 25.0 Å². The van der Waals surface area contributed by atoms with Crippen LogP contribution in [0.25, 0.3) is 0 Å². The highest BCUT2D eigenvalue weighted by Gasteiger charge is 2.29. The molecule has 0 unspecified atom stereocenters. The number of esters is 1. The van der Waals surface area contributed by atoms with E-state index < -0.39 is 5.97 Å². The Bertz CT molecular complexity index is 820. The van der Waals surface area contributed by atoms with E-state index in [0.717, 1.165) is 48.5 Å². The summed E-state index contributed by atoms with van der Waals surface area (Å²) in [5.74, 6) is -0.667. The third-order valence-electron chi connectivity index (χ3n) is 4.63. The summed E-state index contributed by atoms with van der Waals surface area (Å²) in [6.45, 7) is 6.74. The quantitative estimate of drug-likeness (QED) is 0.812. The minimum absolute atomic E-state index is 0.267. The summed E-state index contributed by atoms with van der Waals surface area (Å²) in [5, 5.41) is 7.58. The van der Waals surface area contributed by atoms with E-state index in [4.69, 9.17) is 4.74 Å². The number of ether oxygens (including phenoxy) is 1. The molecule has 1 N–H and O–H groups in total. The third-order valence-corrected chi connectivity index (χ3v) is 5.76. The fourth-order valence-electron chi connectivity index (χ4n) is 3.41. The van der Waals surface area contributed by atoms with Crippen molar-refractivity contribution in [1.82, 2.24) is 14.7 Å². The van der Waals surface area contributed by atoms with Crippen molar-refractivity contribution in [3.05, 3.63) is 33.5 Å². The number of carbonyl (C=O) groups excluding carboxylic acids is 2. The number of aromatic nitrogens is 2. The summed E-state index contributed by atoms with van der Waals surface area (Å²) < 4.78 is 6.52. The van der Waals surface area contributed by atoms with Crippen LogP contribution in [0.2, 0.25) is 0 Å². The van der Waals surface area contributed by atoms with Crippen LogP contribution < -0.4 is 5.32 Å². The van der Waals surface area contributed by atoms with Gasteiger partial charge in [0.05, 0.1) is 18.9 Å². The Kier molecular flexibility index (Phi) is 5.43. The summed E-state index contributed by atoms with van der Waals surface area (Å²) >= 11 is 1.47. The molecule has 3 rings (SSSR count). The number of methoxy groups -OCH3 is 1. The van der Waals surface area contributed by atoms with Gasteiger partial charge in [0.1, 0.15) is 10.7 Å². The second kappa shape index (κ2) is 7.59. The normalized spacial score (nSPS) is 14.2. The van der Waals surface area contributed by atoms with Gasteiger partial charge in [-0.05, 0) is 37.4 Å². The molecule has 26 heavy (non-hydrogen) atoms. The molecule has 1 aliphatic heterocycles. The average Bonchev–Trinajstić information content (AvgIpc) is 3.13. The van der Waals surface area contributed by atoms with E-state index >= 15 is 0 Å². The molecular formula is C18H24N4O3S. The van der Waals surface area contributed by atoms with Crippen molar-refractivity contribution in [3.63, 3.8) is 0 Å². The third kappa shape index (κ3) is 3.39. The van der Waals surface area contributed by atoms with Crippen LogP contribution in [0.3, 0.4) is 0 Å². The number of amides is 1. The van der Waals surface area contributed by atoms with Crippen molar-refractivity contribution < 1.29 is 14.3 Å². The second-order valence-corrected chi connectivity index (χ2v) is 7.58. The van der Waals surface area contributed by atoms with Gasteiger partial charge < -0.3 is 10.1 Å². The predicted octanol–water partition coefficient (Wildman–Crippen LogP) is 2.60. The highest BCUT2D eigenvalue weighted by molar-refractivity contribution is 7.17. The lowest BCUT2D eigenvalue weighted by Gasteiger charge is -2.26. The van der Waals surface area contributed by atoms with Gasteiger partial charge in [-0.2, -0.15) is 5.10 Å². The smallest absolute Gasteiger partial charge is 0.341 e. The fraction of sp³-hybridized carbons (Fsp3) is 0.500. The molecule has 2 aromatic rings. The molecule has 0 fully saturated rings. The van der Waals surface area contributed by atoms with Gasteiger partial charge in [0.15, 0.2) is 0 Å².